The highest BCUT2D eigenvalue weighted by Crippen LogP contribution is 2.31. The molecule has 0 saturated heterocycles. The molecule has 0 fully saturated rings. The quantitative estimate of drug-likeness (QED) is 0.563. The first-order chi connectivity index (χ1) is 5.77. The molecule has 1 aliphatic heterocycles. The van der Waals surface area contributed by atoms with Crippen LogP contribution >= 0.6 is 0 Å². The molecule has 0 aromatic heterocycles. The average molecular weight is 164 g/mol. The minimum Gasteiger partial charge on any atom is -0.493 e. The van der Waals surface area contributed by atoms with E-state index in [0.29, 0.717) is 6.61 Å². The van der Waals surface area contributed by atoms with Crippen LogP contribution in [0.3, 0.4) is 0 Å². The largest absolute Gasteiger partial charge is 0.493 e. The van der Waals surface area contributed by atoms with Crippen LogP contribution in [0.2, 0.25) is 0 Å². The molecule has 1 aromatic rings. The van der Waals surface area contributed by atoms with Crippen molar-refractivity contribution < 1.29 is 4.74 Å². The number of nitrogens with two attached hydrogens (primary N) is 2. The summed E-state index contributed by atoms with van der Waals surface area (Å²) in [6, 6.07) is 5.68. The Morgan fingerprint density at radius 1 is 1.42 bits per heavy atom. The van der Waals surface area contributed by atoms with Crippen LogP contribution in [0.15, 0.2) is 18.2 Å². The Bertz CT molecular complexity index is 299. The highest BCUT2D eigenvalue weighted by Gasteiger charge is 2.17. The van der Waals surface area contributed by atoms with E-state index in [0.717, 1.165) is 23.4 Å². The Balaban J connectivity index is 2.47. The van der Waals surface area contributed by atoms with E-state index in [9.17, 15) is 0 Å². The zero-order valence-corrected chi connectivity index (χ0v) is 6.79. The van der Waals surface area contributed by atoms with Crippen LogP contribution in [0.5, 0.6) is 5.75 Å². The summed E-state index contributed by atoms with van der Waals surface area (Å²) in [4.78, 5) is 0. The Kier molecular flexibility index (Phi) is 1.66. The maximum atomic E-state index is 5.88. The van der Waals surface area contributed by atoms with Gasteiger partial charge >= 0.3 is 0 Å². The van der Waals surface area contributed by atoms with E-state index < -0.39 is 0 Å². The van der Waals surface area contributed by atoms with E-state index in [1.807, 2.05) is 18.2 Å². The lowest BCUT2D eigenvalue weighted by molar-refractivity contribution is 0.269. The maximum Gasteiger partial charge on any atom is 0.124 e. The Morgan fingerprint density at radius 2 is 2.25 bits per heavy atom. The maximum absolute atomic E-state index is 5.88. The van der Waals surface area contributed by atoms with E-state index in [4.69, 9.17) is 16.2 Å². The summed E-state index contributed by atoms with van der Waals surface area (Å²) in [6.45, 7) is 0.706. The summed E-state index contributed by atoms with van der Waals surface area (Å²) in [5.41, 5.74) is 13.3. The molecule has 4 N–H and O–H groups in total. The van der Waals surface area contributed by atoms with Gasteiger partial charge in [0.25, 0.3) is 0 Å². The molecule has 3 heteroatoms. The third-order valence-corrected chi connectivity index (χ3v) is 2.12. The number of hydrogen-bond donors (Lipinski definition) is 2. The number of benzene rings is 1. The highest BCUT2D eigenvalue weighted by molar-refractivity contribution is 5.49. The van der Waals surface area contributed by atoms with Gasteiger partial charge in [0, 0.05) is 23.7 Å². The molecule has 0 spiro atoms. The summed E-state index contributed by atoms with van der Waals surface area (Å²) in [7, 11) is 0. The molecule has 0 amide bonds. The number of rotatable bonds is 0. The van der Waals surface area contributed by atoms with Gasteiger partial charge in [-0.2, -0.15) is 0 Å². The van der Waals surface area contributed by atoms with E-state index in [1.54, 1.807) is 0 Å². The molecule has 1 atom stereocenters. The molecule has 1 aliphatic rings. The van der Waals surface area contributed by atoms with Gasteiger partial charge < -0.3 is 16.2 Å². The molecular weight excluding hydrogens is 152 g/mol. The van der Waals surface area contributed by atoms with Crippen molar-refractivity contribution in [2.75, 3.05) is 12.3 Å². The zero-order chi connectivity index (χ0) is 8.55. The number of fused-ring (bicyclic) bond motifs is 1. The van der Waals surface area contributed by atoms with Gasteiger partial charge in [-0.25, -0.2) is 0 Å². The summed E-state index contributed by atoms with van der Waals surface area (Å²) >= 11 is 0. The normalized spacial score (nSPS) is 21.2. The van der Waals surface area contributed by atoms with Crippen molar-refractivity contribution in [1.29, 1.82) is 0 Å². The topological polar surface area (TPSA) is 61.3 Å². The molecule has 0 aliphatic carbocycles. The second-order valence-corrected chi connectivity index (χ2v) is 3.04. The summed E-state index contributed by atoms with van der Waals surface area (Å²) in [6.07, 6.45) is 0.871. The lowest BCUT2D eigenvalue weighted by Crippen LogP contribution is -2.20. The van der Waals surface area contributed by atoms with Crippen molar-refractivity contribution in [2.24, 2.45) is 5.73 Å². The van der Waals surface area contributed by atoms with Crippen LogP contribution in [-0.4, -0.2) is 6.61 Å². The van der Waals surface area contributed by atoms with Gasteiger partial charge in [0.05, 0.1) is 6.61 Å². The second kappa shape index (κ2) is 2.68. The molecular formula is C9H12N2O. The molecule has 1 unspecified atom stereocenters. The molecule has 12 heavy (non-hydrogen) atoms. The monoisotopic (exact) mass is 164 g/mol. The first-order valence-corrected chi connectivity index (χ1v) is 4.05. The molecule has 2 rings (SSSR count). The Hall–Kier alpha value is -1.22. The van der Waals surface area contributed by atoms with Gasteiger partial charge in [-0.1, -0.05) is 0 Å². The smallest absolute Gasteiger partial charge is 0.124 e. The molecule has 1 aromatic carbocycles. The van der Waals surface area contributed by atoms with Crippen LogP contribution in [0.4, 0.5) is 5.69 Å². The fourth-order valence-corrected chi connectivity index (χ4v) is 1.44. The third-order valence-electron chi connectivity index (χ3n) is 2.12. The van der Waals surface area contributed by atoms with Gasteiger partial charge in [-0.3, -0.25) is 0 Å². The third kappa shape index (κ3) is 1.12. The average Bonchev–Trinajstić information content (AvgIpc) is 2.07. The van der Waals surface area contributed by atoms with Gasteiger partial charge in [-0.15, -0.1) is 0 Å². The van der Waals surface area contributed by atoms with Crippen molar-refractivity contribution in [3.05, 3.63) is 23.8 Å². The van der Waals surface area contributed by atoms with Crippen LogP contribution in [0.25, 0.3) is 0 Å². The first kappa shape index (κ1) is 7.43. The van der Waals surface area contributed by atoms with E-state index in [2.05, 4.69) is 0 Å². The van der Waals surface area contributed by atoms with Gasteiger partial charge in [0.1, 0.15) is 5.75 Å². The minimum absolute atomic E-state index is 0.0808. The van der Waals surface area contributed by atoms with E-state index >= 15 is 0 Å². The number of ether oxygens (including phenoxy) is 1. The molecule has 0 bridgehead atoms. The van der Waals surface area contributed by atoms with Gasteiger partial charge in [0.15, 0.2) is 0 Å². The predicted octanol–water partition coefficient (Wildman–Crippen LogP) is 1.05. The summed E-state index contributed by atoms with van der Waals surface area (Å²) < 4.78 is 5.41. The van der Waals surface area contributed by atoms with Crippen LogP contribution in [0, 0.1) is 0 Å². The predicted molar refractivity (Wildman–Crippen MR) is 47.9 cm³/mol. The Labute approximate surface area is 71.3 Å². The van der Waals surface area contributed by atoms with Crippen molar-refractivity contribution in [2.45, 2.75) is 12.5 Å². The van der Waals surface area contributed by atoms with E-state index in [1.165, 1.54) is 0 Å². The standard InChI is InChI=1S/C9H12N2O/c10-6-1-2-9-7(5-6)8(11)3-4-12-9/h1-2,5,8H,3-4,10-11H2. The van der Waals surface area contributed by atoms with Crippen molar-refractivity contribution in [1.82, 2.24) is 0 Å². The number of anilines is 1. The minimum atomic E-state index is 0.0808. The number of nitrogen functional groups attached to an aromatic ring is 1. The van der Waals surface area contributed by atoms with Crippen LogP contribution in [-0.2, 0) is 0 Å². The van der Waals surface area contributed by atoms with Crippen LogP contribution in [0.1, 0.15) is 18.0 Å². The lowest BCUT2D eigenvalue weighted by Gasteiger charge is -2.22. The van der Waals surface area contributed by atoms with Gasteiger partial charge in [0.2, 0.25) is 0 Å². The summed E-state index contributed by atoms with van der Waals surface area (Å²) in [5, 5.41) is 0. The van der Waals surface area contributed by atoms with E-state index in [-0.39, 0.29) is 6.04 Å². The first-order valence-electron chi connectivity index (χ1n) is 4.05. The molecule has 64 valence electrons. The van der Waals surface area contributed by atoms with Crippen molar-refractivity contribution in [3.8, 4) is 5.75 Å². The Morgan fingerprint density at radius 3 is 3.08 bits per heavy atom. The fraction of sp³-hybridized carbons (Fsp3) is 0.333. The highest BCUT2D eigenvalue weighted by atomic mass is 16.5. The summed E-state index contributed by atoms with van der Waals surface area (Å²) in [5.74, 6) is 0.878. The molecule has 1 heterocycles. The second-order valence-electron chi connectivity index (χ2n) is 3.04. The van der Waals surface area contributed by atoms with Crippen molar-refractivity contribution in [3.63, 3.8) is 0 Å². The number of hydrogen-bond acceptors (Lipinski definition) is 3. The SMILES string of the molecule is Nc1ccc2c(c1)C(N)CCO2. The van der Waals surface area contributed by atoms with Gasteiger partial charge in [-0.05, 0) is 18.2 Å². The van der Waals surface area contributed by atoms with Crippen LogP contribution < -0.4 is 16.2 Å². The zero-order valence-electron chi connectivity index (χ0n) is 6.79. The fourth-order valence-electron chi connectivity index (χ4n) is 1.44. The molecule has 0 saturated carbocycles. The molecule has 0 radical (unpaired) electrons. The molecule has 3 nitrogen and oxygen atoms in total. The lowest BCUT2D eigenvalue weighted by atomic mass is 10.0. The van der Waals surface area contributed by atoms with Crippen molar-refractivity contribution >= 4 is 5.69 Å².